The van der Waals surface area contributed by atoms with Crippen LogP contribution < -0.4 is 5.32 Å². The lowest BCUT2D eigenvalue weighted by Gasteiger charge is -2.27. The van der Waals surface area contributed by atoms with E-state index in [2.05, 4.69) is 24.1 Å². The van der Waals surface area contributed by atoms with Crippen LogP contribution in [0.4, 0.5) is 0 Å². The van der Waals surface area contributed by atoms with E-state index in [1.165, 1.54) is 24.2 Å². The lowest BCUT2D eigenvalue weighted by molar-refractivity contribution is 0.0925. The van der Waals surface area contributed by atoms with Crippen LogP contribution in [-0.4, -0.2) is 23.7 Å². The largest absolute Gasteiger partial charge is 0.384 e. The highest BCUT2D eigenvalue weighted by Crippen LogP contribution is 2.24. The number of rotatable bonds is 2. The molecule has 102 valence electrons. The summed E-state index contributed by atoms with van der Waals surface area (Å²) in [5, 5.41) is 13.7. The van der Waals surface area contributed by atoms with Crippen molar-refractivity contribution in [1.29, 1.82) is 0 Å². The first-order chi connectivity index (χ1) is 9.20. The Kier molecular flexibility index (Phi) is 5.00. The fourth-order valence-corrected chi connectivity index (χ4v) is 3.29. The molecule has 0 aromatic carbocycles. The maximum atomic E-state index is 12.2. The first-order valence-corrected chi connectivity index (χ1v) is 7.56. The summed E-state index contributed by atoms with van der Waals surface area (Å²) in [6.45, 7) is 2.05. The summed E-state index contributed by atoms with van der Waals surface area (Å²) >= 11 is 1.40. The molecule has 0 spiro atoms. The monoisotopic (exact) mass is 277 g/mol. The van der Waals surface area contributed by atoms with E-state index in [0.717, 1.165) is 12.8 Å². The molecule has 2 N–H and O–H groups in total. The van der Waals surface area contributed by atoms with Gasteiger partial charge in [0, 0.05) is 11.6 Å². The molecule has 0 aliphatic heterocycles. The van der Waals surface area contributed by atoms with Crippen molar-refractivity contribution >= 4 is 17.2 Å². The van der Waals surface area contributed by atoms with Gasteiger partial charge in [-0.05, 0) is 30.2 Å². The Morgan fingerprint density at radius 3 is 3.16 bits per heavy atom. The van der Waals surface area contributed by atoms with Crippen LogP contribution >= 0.6 is 11.3 Å². The van der Waals surface area contributed by atoms with Crippen LogP contribution in [0.25, 0.3) is 0 Å². The van der Waals surface area contributed by atoms with Crippen LogP contribution in [0.1, 0.15) is 47.8 Å². The molecule has 4 heteroatoms. The van der Waals surface area contributed by atoms with Crippen molar-refractivity contribution in [3.05, 3.63) is 21.9 Å². The van der Waals surface area contributed by atoms with Crippen LogP contribution in [0.5, 0.6) is 0 Å². The molecule has 1 fully saturated rings. The predicted octanol–water partition coefficient (Wildman–Crippen LogP) is 2.40. The summed E-state index contributed by atoms with van der Waals surface area (Å²) in [5.74, 6) is 6.07. The molecule has 2 atom stereocenters. The van der Waals surface area contributed by atoms with E-state index in [-0.39, 0.29) is 18.6 Å². The Hall–Kier alpha value is -1.31. The Bertz CT molecular complexity index is 498. The highest BCUT2D eigenvalue weighted by molar-refractivity contribution is 7.12. The molecule has 0 bridgehead atoms. The van der Waals surface area contributed by atoms with Gasteiger partial charge < -0.3 is 10.4 Å². The number of nitrogens with one attached hydrogen (secondary N) is 1. The zero-order chi connectivity index (χ0) is 13.7. The number of aliphatic hydroxyl groups excluding tert-OH is 1. The summed E-state index contributed by atoms with van der Waals surface area (Å²) in [7, 11) is 0. The van der Waals surface area contributed by atoms with E-state index >= 15 is 0 Å². The highest BCUT2D eigenvalue weighted by Gasteiger charge is 2.22. The quantitative estimate of drug-likeness (QED) is 0.816. The fourth-order valence-electron chi connectivity index (χ4n) is 2.53. The SMILES string of the molecule is CC1CCCC(NC(=O)c2sccc2C#CCO)C1. The van der Waals surface area contributed by atoms with E-state index in [1.54, 1.807) is 0 Å². The normalized spacial score (nSPS) is 22.4. The third-order valence-electron chi connectivity index (χ3n) is 3.45. The molecule has 1 heterocycles. The van der Waals surface area contributed by atoms with E-state index in [9.17, 15) is 4.79 Å². The van der Waals surface area contributed by atoms with Gasteiger partial charge in [-0.2, -0.15) is 0 Å². The summed E-state index contributed by atoms with van der Waals surface area (Å²) in [6.07, 6.45) is 4.58. The summed E-state index contributed by atoms with van der Waals surface area (Å²) < 4.78 is 0. The molecule has 1 aromatic heterocycles. The standard InChI is InChI=1S/C15H19NO2S/c1-11-4-2-6-13(10-11)16-15(18)14-12(5-3-8-17)7-9-19-14/h7,9,11,13,17H,2,4,6,8,10H2,1H3,(H,16,18). The van der Waals surface area contributed by atoms with Gasteiger partial charge >= 0.3 is 0 Å². The maximum absolute atomic E-state index is 12.2. The molecule has 19 heavy (non-hydrogen) atoms. The Balaban J connectivity index is 2.01. The number of aliphatic hydroxyl groups is 1. The zero-order valence-corrected chi connectivity index (χ0v) is 11.9. The second kappa shape index (κ2) is 6.74. The van der Waals surface area contributed by atoms with Crippen molar-refractivity contribution in [2.45, 2.75) is 38.6 Å². The summed E-state index contributed by atoms with van der Waals surface area (Å²) in [6, 6.07) is 2.11. The molecule has 0 saturated heterocycles. The predicted molar refractivity (Wildman–Crippen MR) is 77.2 cm³/mol. The second-order valence-electron chi connectivity index (χ2n) is 5.07. The summed E-state index contributed by atoms with van der Waals surface area (Å²) in [4.78, 5) is 12.9. The molecule has 1 aliphatic rings. The van der Waals surface area contributed by atoms with Crippen LogP contribution in [-0.2, 0) is 0 Å². The van der Waals surface area contributed by atoms with Crippen LogP contribution in [0, 0.1) is 17.8 Å². The lowest BCUT2D eigenvalue weighted by Crippen LogP contribution is -2.37. The third-order valence-corrected chi connectivity index (χ3v) is 4.36. The van der Waals surface area contributed by atoms with Gasteiger partial charge in [0.05, 0.1) is 0 Å². The van der Waals surface area contributed by atoms with Crippen LogP contribution in [0.2, 0.25) is 0 Å². The minimum atomic E-state index is -0.183. The van der Waals surface area contributed by atoms with Crippen molar-refractivity contribution in [2.75, 3.05) is 6.61 Å². The minimum Gasteiger partial charge on any atom is -0.384 e. The minimum absolute atomic E-state index is 0.0312. The zero-order valence-electron chi connectivity index (χ0n) is 11.1. The Labute approximate surface area is 118 Å². The maximum Gasteiger partial charge on any atom is 0.262 e. The molecule has 2 rings (SSSR count). The molecule has 1 amide bonds. The number of hydrogen-bond acceptors (Lipinski definition) is 3. The Morgan fingerprint density at radius 1 is 1.58 bits per heavy atom. The van der Waals surface area contributed by atoms with E-state index < -0.39 is 0 Å². The molecule has 3 nitrogen and oxygen atoms in total. The number of thiophene rings is 1. The van der Waals surface area contributed by atoms with Crippen molar-refractivity contribution in [3.63, 3.8) is 0 Å². The topological polar surface area (TPSA) is 49.3 Å². The van der Waals surface area contributed by atoms with Crippen LogP contribution in [0.3, 0.4) is 0 Å². The Morgan fingerprint density at radius 2 is 2.42 bits per heavy atom. The van der Waals surface area contributed by atoms with Crippen molar-refractivity contribution in [1.82, 2.24) is 5.32 Å². The lowest BCUT2D eigenvalue weighted by atomic mass is 9.87. The first-order valence-electron chi connectivity index (χ1n) is 6.68. The van der Waals surface area contributed by atoms with Gasteiger partial charge in [-0.25, -0.2) is 0 Å². The van der Waals surface area contributed by atoms with Crippen molar-refractivity contribution < 1.29 is 9.90 Å². The number of carbonyl (C=O) groups excluding carboxylic acids is 1. The highest BCUT2D eigenvalue weighted by atomic mass is 32.1. The van der Waals surface area contributed by atoms with Gasteiger partial charge in [0.2, 0.25) is 0 Å². The third kappa shape index (κ3) is 3.82. The second-order valence-corrected chi connectivity index (χ2v) is 5.98. The average Bonchev–Trinajstić information content (AvgIpc) is 2.84. The van der Waals surface area contributed by atoms with Crippen LogP contribution in [0.15, 0.2) is 11.4 Å². The summed E-state index contributed by atoms with van der Waals surface area (Å²) in [5.41, 5.74) is 0.709. The number of hydrogen-bond donors (Lipinski definition) is 2. The number of amides is 1. The molecule has 1 aromatic rings. The van der Waals surface area contributed by atoms with Gasteiger partial charge in [-0.15, -0.1) is 11.3 Å². The van der Waals surface area contributed by atoms with Gasteiger partial charge in [0.1, 0.15) is 11.5 Å². The van der Waals surface area contributed by atoms with Crippen molar-refractivity contribution in [2.24, 2.45) is 5.92 Å². The first kappa shape index (κ1) is 14.1. The van der Waals surface area contributed by atoms with Gasteiger partial charge in [0.15, 0.2) is 0 Å². The van der Waals surface area contributed by atoms with E-state index in [1.807, 2.05) is 11.4 Å². The van der Waals surface area contributed by atoms with Gasteiger partial charge in [0.25, 0.3) is 5.91 Å². The van der Waals surface area contributed by atoms with Gasteiger partial charge in [-0.1, -0.05) is 31.6 Å². The molecule has 1 saturated carbocycles. The average molecular weight is 277 g/mol. The molecule has 2 unspecified atom stereocenters. The van der Waals surface area contributed by atoms with Crippen molar-refractivity contribution in [3.8, 4) is 11.8 Å². The molecular formula is C15H19NO2S. The molecule has 1 aliphatic carbocycles. The molecular weight excluding hydrogens is 258 g/mol. The number of carbonyl (C=O) groups is 1. The van der Waals surface area contributed by atoms with E-state index in [4.69, 9.17) is 5.11 Å². The fraction of sp³-hybridized carbons (Fsp3) is 0.533. The smallest absolute Gasteiger partial charge is 0.262 e. The van der Waals surface area contributed by atoms with E-state index in [0.29, 0.717) is 16.4 Å². The molecule has 0 radical (unpaired) electrons. The van der Waals surface area contributed by atoms with Gasteiger partial charge in [-0.3, -0.25) is 4.79 Å².